The monoisotopic (exact) mass is 331 g/mol. The third kappa shape index (κ3) is 3.84. The van der Waals surface area contributed by atoms with Gasteiger partial charge in [0.25, 0.3) is 0 Å². The molecule has 0 radical (unpaired) electrons. The SMILES string of the molecule is Cc1sc(C(=O)O)cc1S(=O)(=O)NC1CCC(C)(C)CC1. The summed E-state index contributed by atoms with van der Waals surface area (Å²) in [5.74, 6) is -1.09. The molecule has 2 rings (SSSR count). The number of hydrogen-bond donors (Lipinski definition) is 2. The lowest BCUT2D eigenvalue weighted by atomic mass is 9.76. The molecule has 1 heterocycles. The van der Waals surface area contributed by atoms with Crippen LogP contribution in [0.1, 0.15) is 54.1 Å². The molecule has 1 aliphatic rings. The Morgan fingerprint density at radius 3 is 2.43 bits per heavy atom. The van der Waals surface area contributed by atoms with Crippen molar-refractivity contribution in [2.75, 3.05) is 0 Å². The molecular formula is C14H21NO4S2. The molecule has 0 aliphatic heterocycles. The number of carboxylic acids is 1. The number of nitrogens with one attached hydrogen (secondary N) is 1. The van der Waals surface area contributed by atoms with Crippen LogP contribution in [0.2, 0.25) is 0 Å². The Kier molecular flexibility index (Phi) is 4.46. The zero-order valence-corrected chi connectivity index (χ0v) is 14.1. The average Bonchev–Trinajstić information content (AvgIpc) is 2.75. The molecule has 7 heteroatoms. The van der Waals surface area contributed by atoms with E-state index in [9.17, 15) is 13.2 Å². The number of aryl methyl sites for hydroxylation is 1. The predicted octanol–water partition coefficient (Wildman–Crippen LogP) is 3.00. The molecule has 0 spiro atoms. The highest BCUT2D eigenvalue weighted by molar-refractivity contribution is 7.89. The van der Waals surface area contributed by atoms with Crippen molar-refractivity contribution in [1.29, 1.82) is 0 Å². The molecule has 0 unspecified atom stereocenters. The van der Waals surface area contributed by atoms with Crippen molar-refractivity contribution in [1.82, 2.24) is 4.72 Å². The van der Waals surface area contributed by atoms with Gasteiger partial charge in [0, 0.05) is 10.9 Å². The first-order valence-electron chi connectivity index (χ1n) is 6.97. The maximum Gasteiger partial charge on any atom is 0.345 e. The molecule has 1 fully saturated rings. The minimum absolute atomic E-state index is 0.0534. The van der Waals surface area contributed by atoms with E-state index in [2.05, 4.69) is 18.6 Å². The molecule has 1 aliphatic carbocycles. The van der Waals surface area contributed by atoms with Crippen molar-refractivity contribution >= 4 is 27.3 Å². The second kappa shape index (κ2) is 5.70. The van der Waals surface area contributed by atoms with Crippen molar-refractivity contribution in [3.05, 3.63) is 15.8 Å². The highest BCUT2D eigenvalue weighted by Gasteiger charge is 2.31. The van der Waals surface area contributed by atoms with E-state index in [1.807, 2.05) is 0 Å². The van der Waals surface area contributed by atoms with Crippen LogP contribution in [0, 0.1) is 12.3 Å². The summed E-state index contributed by atoms with van der Waals surface area (Å²) in [5.41, 5.74) is 0.275. The Labute approximate surface area is 129 Å². The molecular weight excluding hydrogens is 310 g/mol. The van der Waals surface area contributed by atoms with Crippen LogP contribution >= 0.6 is 11.3 Å². The van der Waals surface area contributed by atoms with Crippen LogP contribution in [-0.4, -0.2) is 25.5 Å². The fourth-order valence-electron chi connectivity index (χ4n) is 2.64. The predicted molar refractivity (Wildman–Crippen MR) is 82.4 cm³/mol. The lowest BCUT2D eigenvalue weighted by molar-refractivity contribution is 0.0702. The smallest absolute Gasteiger partial charge is 0.345 e. The first kappa shape index (κ1) is 16.5. The van der Waals surface area contributed by atoms with E-state index in [4.69, 9.17) is 5.11 Å². The number of thiophene rings is 1. The van der Waals surface area contributed by atoms with Crippen LogP contribution in [0.15, 0.2) is 11.0 Å². The van der Waals surface area contributed by atoms with Crippen LogP contribution < -0.4 is 4.72 Å². The van der Waals surface area contributed by atoms with Gasteiger partial charge in [0.2, 0.25) is 10.0 Å². The number of aromatic carboxylic acids is 1. The maximum absolute atomic E-state index is 12.4. The molecule has 0 aromatic carbocycles. The van der Waals surface area contributed by atoms with E-state index in [1.54, 1.807) is 6.92 Å². The molecule has 5 nitrogen and oxygen atoms in total. The minimum atomic E-state index is -3.64. The largest absolute Gasteiger partial charge is 0.477 e. The van der Waals surface area contributed by atoms with Crippen LogP contribution in [0.3, 0.4) is 0 Å². The molecule has 1 saturated carbocycles. The number of carbonyl (C=O) groups is 1. The van der Waals surface area contributed by atoms with Crippen LogP contribution in [0.25, 0.3) is 0 Å². The Balaban J connectivity index is 2.14. The Hall–Kier alpha value is -0.920. The molecule has 0 bridgehead atoms. The standard InChI is InChI=1S/C14H21NO4S2/c1-9-12(8-11(20-9)13(16)17)21(18,19)15-10-4-6-14(2,3)7-5-10/h8,10,15H,4-7H2,1-3H3,(H,16,17). The average molecular weight is 331 g/mol. The van der Waals surface area contributed by atoms with Gasteiger partial charge in [-0.1, -0.05) is 13.8 Å². The highest BCUT2D eigenvalue weighted by Crippen LogP contribution is 2.36. The van der Waals surface area contributed by atoms with E-state index < -0.39 is 16.0 Å². The third-order valence-corrected chi connectivity index (χ3v) is 6.85. The topological polar surface area (TPSA) is 83.5 Å². The summed E-state index contributed by atoms with van der Waals surface area (Å²) in [5, 5.41) is 8.96. The summed E-state index contributed by atoms with van der Waals surface area (Å²) in [6.45, 7) is 6.02. The van der Waals surface area contributed by atoms with Gasteiger partial charge >= 0.3 is 5.97 Å². The van der Waals surface area contributed by atoms with Crippen molar-refractivity contribution in [2.24, 2.45) is 5.41 Å². The van der Waals surface area contributed by atoms with Gasteiger partial charge < -0.3 is 5.11 Å². The summed E-state index contributed by atoms with van der Waals surface area (Å²) in [7, 11) is -3.64. The highest BCUT2D eigenvalue weighted by atomic mass is 32.2. The number of sulfonamides is 1. The quantitative estimate of drug-likeness (QED) is 0.888. The van der Waals surface area contributed by atoms with Gasteiger partial charge in [0.1, 0.15) is 4.88 Å². The summed E-state index contributed by atoms with van der Waals surface area (Å²) in [4.78, 5) is 11.6. The lowest BCUT2D eigenvalue weighted by Gasteiger charge is -2.34. The van der Waals surface area contributed by atoms with Gasteiger partial charge in [-0.25, -0.2) is 17.9 Å². The normalized spacial score (nSPS) is 19.6. The van der Waals surface area contributed by atoms with E-state index >= 15 is 0 Å². The molecule has 2 N–H and O–H groups in total. The third-order valence-electron chi connectivity index (χ3n) is 4.03. The van der Waals surface area contributed by atoms with Crippen molar-refractivity contribution in [3.63, 3.8) is 0 Å². The number of rotatable bonds is 4. The molecule has 1 aromatic rings. The molecule has 0 atom stereocenters. The summed E-state index contributed by atoms with van der Waals surface area (Å²) in [6, 6.07) is 1.19. The van der Waals surface area contributed by atoms with Crippen molar-refractivity contribution in [2.45, 2.75) is 57.4 Å². The van der Waals surface area contributed by atoms with Crippen LogP contribution in [-0.2, 0) is 10.0 Å². The molecule has 0 amide bonds. The fraction of sp³-hybridized carbons (Fsp3) is 0.643. The summed E-state index contributed by atoms with van der Waals surface area (Å²) < 4.78 is 27.6. The minimum Gasteiger partial charge on any atom is -0.477 e. The summed E-state index contributed by atoms with van der Waals surface area (Å²) in [6.07, 6.45) is 3.62. The van der Waals surface area contributed by atoms with E-state index in [0.717, 1.165) is 37.0 Å². The van der Waals surface area contributed by atoms with Crippen molar-refractivity contribution < 1.29 is 18.3 Å². The van der Waals surface area contributed by atoms with Crippen molar-refractivity contribution in [3.8, 4) is 0 Å². The van der Waals surface area contributed by atoms with Gasteiger partial charge in [0.05, 0.1) is 4.90 Å². The second-order valence-corrected chi connectivity index (χ2v) is 9.33. The van der Waals surface area contributed by atoms with Gasteiger partial charge in [0.15, 0.2) is 0 Å². The molecule has 21 heavy (non-hydrogen) atoms. The second-order valence-electron chi connectivity index (χ2n) is 6.40. The fourth-order valence-corrected chi connectivity index (χ4v) is 5.37. The van der Waals surface area contributed by atoms with Crippen LogP contribution in [0.4, 0.5) is 0 Å². The Morgan fingerprint density at radius 1 is 1.38 bits per heavy atom. The Morgan fingerprint density at radius 2 is 1.95 bits per heavy atom. The maximum atomic E-state index is 12.4. The van der Waals surface area contributed by atoms with E-state index in [-0.39, 0.29) is 21.2 Å². The van der Waals surface area contributed by atoms with Gasteiger partial charge in [-0.05, 0) is 44.1 Å². The molecule has 1 aromatic heterocycles. The number of carboxylic acid groups (broad SMARTS) is 1. The first-order chi connectivity index (χ1) is 9.61. The first-order valence-corrected chi connectivity index (χ1v) is 9.27. The van der Waals surface area contributed by atoms with Gasteiger partial charge in [-0.15, -0.1) is 11.3 Å². The Bertz CT molecular complexity index is 636. The van der Waals surface area contributed by atoms with Crippen LogP contribution in [0.5, 0.6) is 0 Å². The molecule has 118 valence electrons. The number of hydrogen-bond acceptors (Lipinski definition) is 4. The van der Waals surface area contributed by atoms with Gasteiger partial charge in [-0.2, -0.15) is 0 Å². The van der Waals surface area contributed by atoms with Gasteiger partial charge in [-0.3, -0.25) is 0 Å². The zero-order chi connectivity index (χ0) is 15.8. The van der Waals surface area contributed by atoms with E-state index in [1.165, 1.54) is 6.07 Å². The lowest BCUT2D eigenvalue weighted by Crippen LogP contribution is -2.39. The molecule has 0 saturated heterocycles. The van der Waals surface area contributed by atoms with E-state index in [0.29, 0.717) is 4.88 Å². The summed E-state index contributed by atoms with van der Waals surface area (Å²) >= 11 is 0.992. The zero-order valence-electron chi connectivity index (χ0n) is 12.5.